The molecule has 0 spiro atoms. The Morgan fingerprint density at radius 2 is 1.37 bits per heavy atom. The molecule has 6 fully saturated rings. The summed E-state index contributed by atoms with van der Waals surface area (Å²) >= 11 is 0. The van der Waals surface area contributed by atoms with Crippen LogP contribution in [0.1, 0.15) is 110 Å². The highest BCUT2D eigenvalue weighted by atomic mass is 16.7. The second-order valence-corrected chi connectivity index (χ2v) is 20.3. The maximum Gasteiger partial charge on any atom is 0.412 e. The largest absolute Gasteiger partial charge is 0.493 e. The molecule has 14 heteroatoms. The van der Waals surface area contributed by atoms with Crippen LogP contribution in [0.2, 0.25) is 0 Å². The summed E-state index contributed by atoms with van der Waals surface area (Å²) in [6.07, 6.45) is 8.62. The van der Waals surface area contributed by atoms with Gasteiger partial charge in [0.05, 0.1) is 39.3 Å². The second-order valence-electron chi connectivity index (χ2n) is 20.3. The highest BCUT2D eigenvalue weighted by Crippen LogP contribution is 2.66. The van der Waals surface area contributed by atoms with Gasteiger partial charge in [-0.2, -0.15) is 0 Å². The second kappa shape index (κ2) is 18.2. The minimum absolute atomic E-state index is 0.0278. The SMILES string of the molecule is COc1ccc(C[C@H]2COC(=O)[C@@H]2Cc2ccc(OC(=O)N[C@H]3CC[C@H](NCC(C)(C)C(=O)OC(C)OC(=O)NC45CC6CC(C)(CC(C)(C6)C4)C5)CC3)c(OC)c2)cc1OC. The molecule has 14 nitrogen and oxygen atoms in total. The molecule has 2 amide bonds. The lowest BCUT2D eigenvalue weighted by Crippen LogP contribution is -2.65. The van der Waals surface area contributed by atoms with Crippen molar-refractivity contribution < 1.29 is 52.3 Å². The van der Waals surface area contributed by atoms with Crippen molar-refractivity contribution in [1.82, 2.24) is 16.0 Å². The summed E-state index contributed by atoms with van der Waals surface area (Å²) in [5.41, 5.74) is 1.27. The molecule has 340 valence electrons. The Morgan fingerprint density at radius 1 is 0.774 bits per heavy atom. The average molecular weight is 862 g/mol. The van der Waals surface area contributed by atoms with Crippen molar-refractivity contribution in [2.45, 2.75) is 136 Å². The van der Waals surface area contributed by atoms with Gasteiger partial charge in [0.25, 0.3) is 0 Å². The van der Waals surface area contributed by atoms with E-state index in [2.05, 4.69) is 29.8 Å². The number of hydrogen-bond donors (Lipinski definition) is 3. The van der Waals surface area contributed by atoms with E-state index in [1.165, 1.54) is 26.4 Å². The van der Waals surface area contributed by atoms with Gasteiger partial charge in [0.15, 0.2) is 23.0 Å². The molecular formula is C48H67N3O11. The molecule has 1 saturated heterocycles. The lowest BCUT2D eigenvalue weighted by Gasteiger charge is -2.65. The van der Waals surface area contributed by atoms with E-state index >= 15 is 0 Å². The monoisotopic (exact) mass is 861 g/mol. The van der Waals surface area contributed by atoms with Crippen LogP contribution in [0.5, 0.6) is 23.0 Å². The van der Waals surface area contributed by atoms with E-state index in [1.54, 1.807) is 33.3 Å². The molecule has 5 aliphatic carbocycles. The number of ether oxygens (including phenoxy) is 7. The molecule has 5 saturated carbocycles. The van der Waals surface area contributed by atoms with Gasteiger partial charge in [-0.3, -0.25) is 9.59 Å². The highest BCUT2D eigenvalue weighted by Gasteiger charge is 2.60. The third kappa shape index (κ3) is 10.5. The first kappa shape index (κ1) is 45.3. The van der Waals surface area contributed by atoms with Crippen molar-refractivity contribution in [3.8, 4) is 23.0 Å². The topological polar surface area (TPSA) is 169 Å². The first-order valence-electron chi connectivity index (χ1n) is 22.4. The zero-order valence-electron chi connectivity index (χ0n) is 37.8. The number of methoxy groups -OCH3 is 3. The molecule has 1 heterocycles. The molecule has 6 aliphatic rings. The van der Waals surface area contributed by atoms with Gasteiger partial charge in [0, 0.05) is 37.0 Å². The zero-order valence-corrected chi connectivity index (χ0v) is 37.8. The molecule has 2 aromatic carbocycles. The summed E-state index contributed by atoms with van der Waals surface area (Å²) in [5.74, 6) is 1.51. The molecule has 62 heavy (non-hydrogen) atoms. The number of esters is 2. The number of carbonyl (C=O) groups is 4. The van der Waals surface area contributed by atoms with E-state index in [9.17, 15) is 19.2 Å². The first-order valence-corrected chi connectivity index (χ1v) is 22.4. The minimum Gasteiger partial charge on any atom is -0.493 e. The van der Waals surface area contributed by atoms with Crippen molar-refractivity contribution in [1.29, 1.82) is 0 Å². The highest BCUT2D eigenvalue weighted by molar-refractivity contribution is 5.77. The summed E-state index contributed by atoms with van der Waals surface area (Å²) in [7, 11) is 4.70. The first-order chi connectivity index (χ1) is 29.4. The van der Waals surface area contributed by atoms with Crippen molar-refractivity contribution in [3.63, 3.8) is 0 Å². The number of alkyl carbamates (subject to hydrolysis) is 1. The standard InChI is InChI=1S/C48H67N3O11/c1-29(61-44(55)51-48-23-32-21-46(4,26-48)25-47(5,22-32)27-48)60-42(53)45(2,3)28-49-34-11-13-35(14-12-34)50-43(54)62-38-16-10-31(20-40(38)58-8)18-36-33(24-59-41(36)52)17-30-9-15-37(56-6)39(19-30)57-7/h9-10,15-16,19-20,29,32-36,49H,11-14,17-18,21-28H2,1-8H3,(H,50,54)(H,51,55)/t29?,32?,33-,34-,35-,36+,46?,47?,48?/m0/s1. The number of benzene rings is 2. The Labute approximate surface area is 366 Å². The number of cyclic esters (lactones) is 1. The van der Waals surface area contributed by atoms with Crippen molar-refractivity contribution in [2.24, 2.45) is 34.0 Å². The summed E-state index contributed by atoms with van der Waals surface area (Å²) in [5, 5.41) is 9.73. The van der Waals surface area contributed by atoms with Gasteiger partial charge in [-0.15, -0.1) is 0 Å². The predicted octanol–water partition coefficient (Wildman–Crippen LogP) is 7.67. The lowest BCUT2D eigenvalue weighted by atomic mass is 9.43. The van der Waals surface area contributed by atoms with Crippen LogP contribution in [0.25, 0.3) is 0 Å². The maximum atomic E-state index is 13.2. The molecule has 3 N–H and O–H groups in total. The van der Waals surface area contributed by atoms with Crippen LogP contribution in [-0.2, 0) is 36.6 Å². The third-order valence-electron chi connectivity index (χ3n) is 14.1. The van der Waals surface area contributed by atoms with Crippen LogP contribution in [0.4, 0.5) is 9.59 Å². The van der Waals surface area contributed by atoms with E-state index < -0.39 is 29.9 Å². The summed E-state index contributed by atoms with van der Waals surface area (Å²) < 4.78 is 38.8. The van der Waals surface area contributed by atoms with Gasteiger partial charge >= 0.3 is 24.1 Å². The third-order valence-corrected chi connectivity index (χ3v) is 14.1. The maximum absolute atomic E-state index is 13.2. The molecule has 0 aromatic heterocycles. The summed E-state index contributed by atoms with van der Waals surface area (Å²) in [6.45, 7) is 10.6. The number of carbonyl (C=O) groups excluding carboxylic acids is 4. The quantitative estimate of drug-likeness (QED) is 0.111. The van der Waals surface area contributed by atoms with E-state index in [4.69, 9.17) is 33.2 Å². The Balaban J connectivity index is 0.820. The fourth-order valence-electron chi connectivity index (χ4n) is 12.1. The van der Waals surface area contributed by atoms with Crippen LogP contribution in [0.15, 0.2) is 36.4 Å². The van der Waals surface area contributed by atoms with Crippen LogP contribution >= 0.6 is 0 Å². The van der Waals surface area contributed by atoms with E-state index in [0.717, 1.165) is 56.1 Å². The molecule has 2 aromatic rings. The van der Waals surface area contributed by atoms with Crippen molar-refractivity contribution in [2.75, 3.05) is 34.5 Å². The van der Waals surface area contributed by atoms with E-state index in [1.807, 2.05) is 38.1 Å². The Hall–Kier alpha value is -4.72. The Kier molecular flexibility index (Phi) is 13.3. The normalized spacial score (nSPS) is 30.5. The minimum atomic E-state index is -1.02. The van der Waals surface area contributed by atoms with Gasteiger partial charge < -0.3 is 49.1 Å². The molecule has 0 radical (unpaired) electrons. The van der Waals surface area contributed by atoms with Crippen molar-refractivity contribution >= 4 is 24.1 Å². The smallest absolute Gasteiger partial charge is 0.412 e. The summed E-state index contributed by atoms with van der Waals surface area (Å²) in [4.78, 5) is 52.2. The van der Waals surface area contributed by atoms with Gasteiger partial charge in [-0.1, -0.05) is 26.0 Å². The van der Waals surface area contributed by atoms with Crippen molar-refractivity contribution in [3.05, 3.63) is 47.5 Å². The summed E-state index contributed by atoms with van der Waals surface area (Å²) in [6, 6.07) is 11.2. The Morgan fingerprint density at radius 3 is 2.00 bits per heavy atom. The zero-order chi connectivity index (χ0) is 44.5. The number of rotatable bonds is 16. The molecule has 8 rings (SSSR count). The Bertz CT molecular complexity index is 1960. The molecule has 4 bridgehead atoms. The molecule has 5 atom stereocenters. The van der Waals surface area contributed by atoms with Crippen LogP contribution in [-0.4, -0.2) is 82.5 Å². The van der Waals surface area contributed by atoms with Gasteiger partial charge in [-0.05, 0) is 143 Å². The molecule has 1 aliphatic heterocycles. The fourth-order valence-corrected chi connectivity index (χ4v) is 12.1. The predicted molar refractivity (Wildman–Crippen MR) is 230 cm³/mol. The van der Waals surface area contributed by atoms with Gasteiger partial charge in [0.1, 0.15) is 0 Å². The number of nitrogens with one attached hydrogen (secondary N) is 3. The van der Waals surface area contributed by atoms with Gasteiger partial charge in [-0.25, -0.2) is 9.59 Å². The molecule has 3 unspecified atom stereocenters. The fraction of sp³-hybridized carbons (Fsp3) is 0.667. The average Bonchev–Trinajstić information content (AvgIpc) is 3.53. The lowest BCUT2D eigenvalue weighted by molar-refractivity contribution is -0.176. The van der Waals surface area contributed by atoms with E-state index in [-0.39, 0.29) is 52.0 Å². The van der Waals surface area contributed by atoms with E-state index in [0.29, 0.717) is 49.2 Å². The van der Waals surface area contributed by atoms with Crippen LogP contribution in [0.3, 0.4) is 0 Å². The van der Waals surface area contributed by atoms with Gasteiger partial charge in [0.2, 0.25) is 6.29 Å². The molecular weight excluding hydrogens is 795 g/mol. The number of hydrogen-bond acceptors (Lipinski definition) is 12. The van der Waals surface area contributed by atoms with Crippen LogP contribution < -0.4 is 34.9 Å². The number of amides is 2. The van der Waals surface area contributed by atoms with Crippen LogP contribution in [0, 0.1) is 34.0 Å².